The molecular weight excluding hydrogens is 513 g/mol. The Morgan fingerprint density at radius 1 is 1.18 bits per heavy atom. The molecule has 1 spiro atoms. The Bertz CT molecular complexity index is 1350. The molecule has 0 amide bonds. The van der Waals surface area contributed by atoms with E-state index in [4.69, 9.17) is 24.0 Å². The number of hydrogen-bond donors (Lipinski definition) is 3. The molecular formula is C25H32N5O7P. The highest BCUT2D eigenvalue weighted by Gasteiger charge is 2.55. The number of aromatic nitrogens is 4. The molecule has 0 radical (unpaired) electrons. The van der Waals surface area contributed by atoms with Crippen molar-refractivity contribution in [3.05, 3.63) is 48.5 Å². The molecule has 12 nitrogen and oxygen atoms in total. The largest absolute Gasteiger partial charge is 0.476 e. The van der Waals surface area contributed by atoms with Gasteiger partial charge >= 0.3 is 7.82 Å². The lowest BCUT2D eigenvalue weighted by Crippen LogP contribution is -2.44. The minimum absolute atomic E-state index is 0.182. The molecule has 0 bridgehead atoms. The van der Waals surface area contributed by atoms with Crippen LogP contribution in [0.15, 0.2) is 43.0 Å². The van der Waals surface area contributed by atoms with Crippen LogP contribution >= 0.6 is 7.82 Å². The third kappa shape index (κ3) is 4.54. The van der Waals surface area contributed by atoms with Crippen LogP contribution in [-0.2, 0) is 22.9 Å². The molecule has 6 atom stereocenters. The molecule has 2 aromatic heterocycles. The van der Waals surface area contributed by atoms with Gasteiger partial charge in [0.2, 0.25) is 0 Å². The van der Waals surface area contributed by atoms with Gasteiger partial charge < -0.3 is 20.7 Å². The van der Waals surface area contributed by atoms with Gasteiger partial charge in [0.25, 0.3) is 0 Å². The number of imidazole rings is 1. The fourth-order valence-corrected chi connectivity index (χ4v) is 7.53. The van der Waals surface area contributed by atoms with Crippen molar-refractivity contribution in [3.63, 3.8) is 0 Å². The van der Waals surface area contributed by atoms with E-state index in [-0.39, 0.29) is 12.4 Å². The van der Waals surface area contributed by atoms with Gasteiger partial charge in [-0.15, -0.1) is 0 Å². The van der Waals surface area contributed by atoms with Crippen LogP contribution in [0.3, 0.4) is 0 Å². The van der Waals surface area contributed by atoms with Crippen molar-refractivity contribution >= 4 is 24.8 Å². The number of phosphoric acid groups is 1. The Kier molecular flexibility index (Phi) is 6.55. The second-order valence-electron chi connectivity index (χ2n) is 10.6. The number of nitrogens with zero attached hydrogens (tertiary/aromatic N) is 4. The van der Waals surface area contributed by atoms with Crippen LogP contribution in [0.2, 0.25) is 0 Å². The average molecular weight is 546 g/mol. The number of benzene rings is 1. The number of rotatable bonds is 5. The maximum Gasteiger partial charge on any atom is 0.476 e. The van der Waals surface area contributed by atoms with E-state index in [0.29, 0.717) is 17.6 Å². The van der Waals surface area contributed by atoms with Gasteiger partial charge in [0.15, 0.2) is 17.7 Å². The zero-order valence-corrected chi connectivity index (χ0v) is 21.9. The standard InChI is InChI=1S/C25H32N5O7P/c1-24(32)20(31)18(35-23(24)30-15-29-19-21(26)27-14-28-22(19)30)13-34-38(33)36-17(16-8-4-2-5-9-16)12-25(37-38)10-6-3-7-11-25/h2,4-5,8-9,14-15,17-18,20,23,31-32H,3,6-7,10-13H2,1H3,(H2,26,27,28)/t17-,18-,20-,23-,24-,38?/m1/s1. The Labute approximate surface area is 219 Å². The quantitative estimate of drug-likeness (QED) is 0.402. The maximum absolute atomic E-state index is 13.9. The number of ether oxygens (including phenoxy) is 1. The number of aliphatic hydroxyl groups is 2. The summed E-state index contributed by atoms with van der Waals surface area (Å²) >= 11 is 0. The summed E-state index contributed by atoms with van der Waals surface area (Å²) in [5.41, 5.74) is 5.12. The Morgan fingerprint density at radius 3 is 2.71 bits per heavy atom. The minimum Gasteiger partial charge on any atom is -0.387 e. The first-order chi connectivity index (χ1) is 18.2. The summed E-state index contributed by atoms with van der Waals surface area (Å²) in [6.45, 7) is 1.11. The van der Waals surface area contributed by atoms with Gasteiger partial charge in [-0.05, 0) is 25.3 Å². The number of nitrogens with two attached hydrogens (primary N) is 1. The Hall–Kier alpha value is -2.44. The summed E-state index contributed by atoms with van der Waals surface area (Å²) in [7, 11) is -4.04. The van der Waals surface area contributed by atoms with E-state index in [1.165, 1.54) is 24.1 Å². The highest BCUT2D eigenvalue weighted by atomic mass is 31.2. The van der Waals surface area contributed by atoms with E-state index in [1.807, 2.05) is 30.3 Å². The maximum atomic E-state index is 13.9. The van der Waals surface area contributed by atoms with Crippen LogP contribution in [0.25, 0.3) is 11.2 Å². The lowest BCUT2D eigenvalue weighted by Gasteiger charge is -2.45. The van der Waals surface area contributed by atoms with Gasteiger partial charge in [-0.1, -0.05) is 49.6 Å². The summed E-state index contributed by atoms with van der Waals surface area (Å²) in [5, 5.41) is 22.2. The number of anilines is 1. The summed E-state index contributed by atoms with van der Waals surface area (Å²) in [4.78, 5) is 12.3. The molecule has 4 heterocycles. The Morgan fingerprint density at radius 2 is 1.95 bits per heavy atom. The van der Waals surface area contributed by atoms with Crippen LogP contribution in [0.1, 0.15) is 63.3 Å². The van der Waals surface area contributed by atoms with E-state index >= 15 is 0 Å². The smallest absolute Gasteiger partial charge is 0.387 e. The number of nitrogen functional groups attached to an aromatic ring is 1. The third-order valence-corrected chi connectivity index (χ3v) is 9.44. The first-order valence-electron chi connectivity index (χ1n) is 12.9. The van der Waals surface area contributed by atoms with E-state index in [2.05, 4.69) is 15.0 Å². The number of hydrogen-bond acceptors (Lipinski definition) is 11. The SMILES string of the molecule is C[C@@]1(O)[C@H](O)[C@@H](COP2(=O)O[C@@H](c3ccccc3)CC3(CCCCC3)O2)O[C@H]1n1cnc2c(N)ncnc21. The van der Waals surface area contributed by atoms with Crippen LogP contribution < -0.4 is 5.73 Å². The lowest BCUT2D eigenvalue weighted by atomic mass is 9.80. The average Bonchev–Trinajstić information content (AvgIpc) is 3.42. The molecule has 3 aliphatic rings. The predicted molar refractivity (Wildman–Crippen MR) is 136 cm³/mol. The van der Waals surface area contributed by atoms with Crippen molar-refractivity contribution in [1.82, 2.24) is 19.5 Å². The molecule has 38 heavy (non-hydrogen) atoms. The summed E-state index contributed by atoms with van der Waals surface area (Å²) in [5.74, 6) is 0.182. The first-order valence-corrected chi connectivity index (χ1v) is 14.3. The summed E-state index contributed by atoms with van der Waals surface area (Å²) < 4.78 is 39.4. The molecule has 4 N–H and O–H groups in total. The van der Waals surface area contributed by atoms with Gasteiger partial charge in [0.1, 0.15) is 29.7 Å². The Balaban J connectivity index is 1.23. The van der Waals surface area contributed by atoms with Crippen LogP contribution in [0.4, 0.5) is 5.82 Å². The zero-order chi connectivity index (χ0) is 26.5. The summed E-state index contributed by atoms with van der Waals surface area (Å²) in [6, 6.07) is 9.62. The lowest BCUT2D eigenvalue weighted by molar-refractivity contribution is -0.105. The van der Waals surface area contributed by atoms with Crippen LogP contribution in [-0.4, -0.2) is 59.7 Å². The molecule has 13 heteroatoms. The van der Waals surface area contributed by atoms with Crippen LogP contribution in [0, 0.1) is 0 Å². The van der Waals surface area contributed by atoms with E-state index in [1.54, 1.807) is 0 Å². The van der Waals surface area contributed by atoms with E-state index in [9.17, 15) is 14.8 Å². The van der Waals surface area contributed by atoms with E-state index in [0.717, 1.165) is 37.7 Å². The van der Waals surface area contributed by atoms with Crippen LogP contribution in [0.5, 0.6) is 0 Å². The van der Waals surface area contributed by atoms with Crippen molar-refractivity contribution in [2.75, 3.05) is 12.3 Å². The normalized spacial score (nSPS) is 35.1. The molecule has 2 aliphatic heterocycles. The molecule has 1 saturated carbocycles. The van der Waals surface area contributed by atoms with Gasteiger partial charge in [0.05, 0.1) is 24.6 Å². The first kappa shape index (κ1) is 25.8. The van der Waals surface area contributed by atoms with Gasteiger partial charge in [-0.25, -0.2) is 19.5 Å². The fraction of sp³-hybridized carbons (Fsp3) is 0.560. The van der Waals surface area contributed by atoms with Gasteiger partial charge in [-0.2, -0.15) is 0 Å². The zero-order valence-electron chi connectivity index (χ0n) is 21.0. The molecule has 3 aromatic rings. The van der Waals surface area contributed by atoms with Crippen molar-refractivity contribution in [2.24, 2.45) is 0 Å². The molecule has 6 rings (SSSR count). The van der Waals surface area contributed by atoms with Gasteiger partial charge in [-0.3, -0.25) is 18.1 Å². The molecule has 1 unspecified atom stereocenters. The van der Waals surface area contributed by atoms with Crippen molar-refractivity contribution in [3.8, 4) is 0 Å². The number of fused-ring (bicyclic) bond motifs is 1. The molecule has 2 saturated heterocycles. The number of aliphatic hydroxyl groups excluding tert-OH is 1. The van der Waals surface area contributed by atoms with Crippen molar-refractivity contribution in [2.45, 2.75) is 81.2 Å². The number of phosphoric ester groups is 1. The topological polar surface area (TPSA) is 164 Å². The fourth-order valence-electron chi connectivity index (χ4n) is 5.81. The second kappa shape index (κ2) is 9.63. The molecule has 204 valence electrons. The molecule has 3 fully saturated rings. The highest BCUT2D eigenvalue weighted by molar-refractivity contribution is 7.48. The minimum atomic E-state index is -4.04. The second-order valence-corrected chi connectivity index (χ2v) is 12.1. The van der Waals surface area contributed by atoms with Crippen molar-refractivity contribution in [1.29, 1.82) is 0 Å². The highest BCUT2D eigenvalue weighted by Crippen LogP contribution is 2.64. The third-order valence-electron chi connectivity index (χ3n) is 7.85. The predicted octanol–water partition coefficient (Wildman–Crippen LogP) is 3.42. The monoisotopic (exact) mass is 545 g/mol. The summed E-state index contributed by atoms with van der Waals surface area (Å²) in [6.07, 6.45) is 3.93. The van der Waals surface area contributed by atoms with Gasteiger partial charge in [0, 0.05) is 6.42 Å². The van der Waals surface area contributed by atoms with E-state index < -0.39 is 43.6 Å². The molecule has 1 aromatic carbocycles. The van der Waals surface area contributed by atoms with Crippen molar-refractivity contribution < 1.29 is 33.1 Å². The molecule has 1 aliphatic carbocycles.